The number of methoxy groups -OCH3 is 1. The number of benzene rings is 2. The molecule has 41 heavy (non-hydrogen) atoms. The van der Waals surface area contributed by atoms with Crippen molar-refractivity contribution in [1.29, 1.82) is 0 Å². The second-order valence-corrected chi connectivity index (χ2v) is 13.2. The van der Waals surface area contributed by atoms with Gasteiger partial charge in [0.1, 0.15) is 11.4 Å². The van der Waals surface area contributed by atoms with Crippen molar-refractivity contribution in [3.8, 4) is 11.4 Å². The molecule has 0 bridgehead atoms. The molecular weight excluding hydrogens is 548 g/mol. The molecule has 3 N–H and O–H groups in total. The number of carbonyl (C=O) groups excluding carboxylic acids is 1. The van der Waals surface area contributed by atoms with Gasteiger partial charge < -0.3 is 9.47 Å². The number of hydrogen-bond donors (Lipinski definition) is 3. The Morgan fingerprint density at radius 1 is 0.976 bits per heavy atom. The number of carbonyl (C=O) groups is 1. The second kappa shape index (κ2) is 11.7. The predicted molar refractivity (Wildman–Crippen MR) is 162 cm³/mol. The first-order valence-corrected chi connectivity index (χ1v) is 14.6. The van der Waals surface area contributed by atoms with Gasteiger partial charge in [0, 0.05) is 23.4 Å². The Balaban J connectivity index is 2.18. The highest BCUT2D eigenvalue weighted by atomic mass is 32.2. The summed E-state index contributed by atoms with van der Waals surface area (Å²) in [6.07, 6.45) is 5.20. The van der Waals surface area contributed by atoms with Crippen molar-refractivity contribution in [3.63, 3.8) is 0 Å². The van der Waals surface area contributed by atoms with Crippen molar-refractivity contribution < 1.29 is 22.7 Å². The summed E-state index contributed by atoms with van der Waals surface area (Å²) >= 11 is 0. The third-order valence-electron chi connectivity index (χ3n) is 5.65. The van der Waals surface area contributed by atoms with Crippen molar-refractivity contribution in [2.45, 2.75) is 52.6 Å². The molecule has 0 aliphatic heterocycles. The first-order chi connectivity index (χ1) is 18.9. The molecule has 11 nitrogen and oxygen atoms in total. The van der Waals surface area contributed by atoms with Gasteiger partial charge in [0.15, 0.2) is 0 Å². The lowest BCUT2D eigenvalue weighted by atomic mass is 9.84. The molecule has 2 aromatic carbocycles. The first kappa shape index (κ1) is 31.2. The monoisotopic (exact) mass is 584 g/mol. The normalized spacial score (nSPS) is 12.3. The number of aromatic amines is 1. The van der Waals surface area contributed by atoms with Gasteiger partial charge in [0.2, 0.25) is 10.0 Å². The maximum absolute atomic E-state index is 12.6. The van der Waals surface area contributed by atoms with Gasteiger partial charge in [-0.25, -0.2) is 18.0 Å². The Morgan fingerprint density at radius 3 is 2.20 bits per heavy atom. The number of rotatable bonds is 7. The minimum Gasteiger partial charge on any atom is -0.496 e. The van der Waals surface area contributed by atoms with E-state index in [9.17, 15) is 22.8 Å². The summed E-state index contributed by atoms with van der Waals surface area (Å²) in [6, 6.07) is 9.53. The topological polar surface area (TPSA) is 149 Å². The highest BCUT2D eigenvalue weighted by molar-refractivity contribution is 7.92. The SMILES string of the molecule is COc1c(/C=C/c2ccc(NS(C)(=O)=O)cc2NC(=O)OC(C)(C)C)cc(-n2ccc(=O)[nH]c2=O)cc1C(C)(C)C. The Bertz CT molecular complexity index is 1710. The van der Waals surface area contributed by atoms with E-state index in [0.717, 1.165) is 11.8 Å². The fourth-order valence-electron chi connectivity index (χ4n) is 3.98. The van der Waals surface area contributed by atoms with Gasteiger partial charge in [0.25, 0.3) is 5.56 Å². The van der Waals surface area contributed by atoms with E-state index in [-0.39, 0.29) is 11.1 Å². The number of nitrogens with zero attached hydrogens (tertiary/aromatic N) is 1. The number of sulfonamides is 1. The quantitative estimate of drug-likeness (QED) is 0.340. The number of amides is 1. The van der Waals surface area contributed by atoms with Crippen LogP contribution in [0.2, 0.25) is 0 Å². The number of H-pyrrole nitrogens is 1. The van der Waals surface area contributed by atoms with Crippen LogP contribution < -0.4 is 26.0 Å². The average Bonchev–Trinajstić information content (AvgIpc) is 2.80. The molecule has 0 fully saturated rings. The van der Waals surface area contributed by atoms with Crippen LogP contribution in [-0.2, 0) is 20.2 Å². The maximum Gasteiger partial charge on any atom is 0.412 e. The zero-order valence-corrected chi connectivity index (χ0v) is 25.2. The summed E-state index contributed by atoms with van der Waals surface area (Å²) in [5.74, 6) is 0.576. The Hall–Kier alpha value is -4.32. The molecule has 1 amide bonds. The molecule has 0 aliphatic rings. The number of nitrogens with one attached hydrogen (secondary N) is 3. The number of hydrogen-bond acceptors (Lipinski definition) is 7. The van der Waals surface area contributed by atoms with Gasteiger partial charge in [-0.3, -0.25) is 24.4 Å². The Labute approximate surface area is 239 Å². The van der Waals surface area contributed by atoms with Crippen molar-refractivity contribution in [1.82, 2.24) is 9.55 Å². The summed E-state index contributed by atoms with van der Waals surface area (Å²) < 4.78 is 38.5. The van der Waals surface area contributed by atoms with Crippen LogP contribution in [0.1, 0.15) is 58.2 Å². The minimum atomic E-state index is -3.56. The lowest BCUT2D eigenvalue weighted by molar-refractivity contribution is 0.0636. The van der Waals surface area contributed by atoms with E-state index in [2.05, 4.69) is 15.0 Å². The highest BCUT2D eigenvalue weighted by Crippen LogP contribution is 2.37. The minimum absolute atomic E-state index is 0.253. The van der Waals surface area contributed by atoms with Crippen LogP contribution in [0.5, 0.6) is 5.75 Å². The lowest BCUT2D eigenvalue weighted by Crippen LogP contribution is -2.28. The lowest BCUT2D eigenvalue weighted by Gasteiger charge is -2.25. The molecule has 3 aromatic rings. The smallest absolute Gasteiger partial charge is 0.412 e. The summed E-state index contributed by atoms with van der Waals surface area (Å²) in [7, 11) is -2.01. The molecule has 220 valence electrons. The fourth-order valence-corrected chi connectivity index (χ4v) is 4.54. The Kier molecular flexibility index (Phi) is 8.87. The molecule has 0 atom stereocenters. The van der Waals surface area contributed by atoms with Gasteiger partial charge in [-0.05, 0) is 56.0 Å². The number of ether oxygens (including phenoxy) is 2. The predicted octanol–water partition coefficient (Wildman–Crippen LogP) is 4.72. The van der Waals surface area contributed by atoms with Crippen LogP contribution in [0.4, 0.5) is 16.2 Å². The largest absolute Gasteiger partial charge is 0.496 e. The van der Waals surface area contributed by atoms with Crippen LogP contribution in [-0.4, -0.2) is 43.0 Å². The highest BCUT2D eigenvalue weighted by Gasteiger charge is 2.23. The van der Waals surface area contributed by atoms with E-state index in [1.807, 2.05) is 26.8 Å². The van der Waals surface area contributed by atoms with Crippen LogP contribution in [0.25, 0.3) is 17.8 Å². The van der Waals surface area contributed by atoms with Crippen molar-refractivity contribution in [3.05, 3.63) is 80.1 Å². The third-order valence-corrected chi connectivity index (χ3v) is 6.26. The Morgan fingerprint density at radius 2 is 1.63 bits per heavy atom. The molecule has 0 radical (unpaired) electrons. The number of aromatic nitrogens is 2. The van der Waals surface area contributed by atoms with Crippen LogP contribution in [0, 0.1) is 0 Å². The molecular formula is C29H36N4O7S. The maximum atomic E-state index is 12.6. The van der Waals surface area contributed by atoms with E-state index in [0.29, 0.717) is 28.3 Å². The summed E-state index contributed by atoms with van der Waals surface area (Å²) in [4.78, 5) is 39.1. The van der Waals surface area contributed by atoms with Crippen LogP contribution in [0.3, 0.4) is 0 Å². The van der Waals surface area contributed by atoms with E-state index in [4.69, 9.17) is 9.47 Å². The van der Waals surface area contributed by atoms with E-state index >= 15 is 0 Å². The van der Waals surface area contributed by atoms with Crippen molar-refractivity contribution in [2.75, 3.05) is 23.4 Å². The molecule has 0 saturated heterocycles. The third kappa shape index (κ3) is 8.58. The summed E-state index contributed by atoms with van der Waals surface area (Å²) in [5, 5.41) is 2.69. The zero-order chi connectivity index (χ0) is 30.8. The first-order valence-electron chi connectivity index (χ1n) is 12.7. The molecule has 1 aromatic heterocycles. The zero-order valence-electron chi connectivity index (χ0n) is 24.4. The molecule has 12 heteroatoms. The van der Waals surface area contributed by atoms with Gasteiger partial charge in [-0.15, -0.1) is 0 Å². The average molecular weight is 585 g/mol. The van der Waals surface area contributed by atoms with Crippen molar-refractivity contribution >= 4 is 39.6 Å². The number of anilines is 2. The van der Waals surface area contributed by atoms with Gasteiger partial charge in [0.05, 0.1) is 30.4 Å². The van der Waals surface area contributed by atoms with Crippen LogP contribution in [0.15, 0.2) is 52.2 Å². The molecule has 3 rings (SSSR count). The molecule has 1 heterocycles. The van der Waals surface area contributed by atoms with Gasteiger partial charge in [-0.2, -0.15) is 0 Å². The standard InChI is InChI=1S/C29H36N4O7S/c1-28(2,3)22-17-21(33-14-13-24(34)31-26(33)35)15-19(25(22)39-7)10-9-18-11-12-20(32-41(8,37)38)16-23(18)30-27(36)40-29(4,5)6/h9-17,32H,1-8H3,(H,30,36)(H,31,34,35)/b10-9+. The van der Waals surface area contributed by atoms with E-state index in [1.54, 1.807) is 58.2 Å². The van der Waals surface area contributed by atoms with Gasteiger partial charge in [-0.1, -0.05) is 39.0 Å². The summed E-state index contributed by atoms with van der Waals surface area (Å²) in [6.45, 7) is 11.2. The molecule has 0 saturated carbocycles. The van der Waals surface area contributed by atoms with Gasteiger partial charge >= 0.3 is 11.8 Å². The van der Waals surface area contributed by atoms with Crippen molar-refractivity contribution in [2.24, 2.45) is 0 Å². The van der Waals surface area contributed by atoms with Crippen LogP contribution >= 0.6 is 0 Å². The molecule has 0 aliphatic carbocycles. The molecule has 0 unspecified atom stereocenters. The second-order valence-electron chi connectivity index (χ2n) is 11.5. The molecule has 0 spiro atoms. The van der Waals surface area contributed by atoms with E-state index < -0.39 is 33.0 Å². The van der Waals surface area contributed by atoms with E-state index in [1.165, 1.54) is 22.9 Å². The fraction of sp³-hybridized carbons (Fsp3) is 0.345. The summed E-state index contributed by atoms with van der Waals surface area (Å²) in [5.41, 5.74) is 0.819.